The van der Waals surface area contributed by atoms with E-state index in [-0.39, 0.29) is 17.6 Å². The van der Waals surface area contributed by atoms with Gasteiger partial charge in [-0.2, -0.15) is 0 Å². The predicted molar refractivity (Wildman–Crippen MR) is 115 cm³/mol. The van der Waals surface area contributed by atoms with E-state index >= 15 is 0 Å². The fraction of sp³-hybridized carbons (Fsp3) is 0.391. The van der Waals surface area contributed by atoms with Crippen molar-refractivity contribution in [2.24, 2.45) is 0 Å². The van der Waals surface area contributed by atoms with Gasteiger partial charge in [-0.1, -0.05) is 32.0 Å². The largest absolute Gasteiger partial charge is 0.321 e. The lowest BCUT2D eigenvalue weighted by Gasteiger charge is -2.29. The van der Waals surface area contributed by atoms with E-state index in [9.17, 15) is 14.0 Å². The zero-order valence-electron chi connectivity index (χ0n) is 17.6. The monoisotopic (exact) mass is 414 g/mol. The van der Waals surface area contributed by atoms with Gasteiger partial charge in [0.15, 0.2) is 13.1 Å². The minimum atomic E-state index is -0.369. The summed E-state index contributed by atoms with van der Waals surface area (Å²) in [5, 5.41) is 5.71. The topological polar surface area (TPSA) is 67.1 Å². The van der Waals surface area contributed by atoms with Crippen LogP contribution in [0.4, 0.5) is 15.8 Å². The summed E-state index contributed by atoms with van der Waals surface area (Å²) in [7, 11) is 0. The Balaban J connectivity index is 1.38. The molecule has 1 fully saturated rings. The van der Waals surface area contributed by atoms with Crippen LogP contribution in [0, 0.1) is 5.82 Å². The molecule has 1 heterocycles. The molecule has 1 saturated heterocycles. The first-order valence-corrected chi connectivity index (χ1v) is 10.5. The Labute approximate surface area is 177 Å². The van der Waals surface area contributed by atoms with Gasteiger partial charge in [0.05, 0.1) is 0 Å². The maximum absolute atomic E-state index is 13.2. The summed E-state index contributed by atoms with van der Waals surface area (Å²) in [5.41, 5.74) is 2.54. The molecule has 0 saturated carbocycles. The van der Waals surface area contributed by atoms with Gasteiger partial charge in [0, 0.05) is 11.4 Å². The first kappa shape index (κ1) is 21.9. The van der Waals surface area contributed by atoms with Crippen LogP contribution < -0.4 is 20.4 Å². The van der Waals surface area contributed by atoms with Crippen molar-refractivity contribution in [1.82, 2.24) is 0 Å². The molecule has 0 bridgehead atoms. The highest BCUT2D eigenvalue weighted by molar-refractivity contribution is 5.92. The van der Waals surface area contributed by atoms with E-state index in [1.54, 1.807) is 12.1 Å². The van der Waals surface area contributed by atoms with Gasteiger partial charge >= 0.3 is 0 Å². The third kappa shape index (κ3) is 6.64. The lowest BCUT2D eigenvalue weighted by Crippen LogP contribution is -3.28. The number of carbonyl (C=O) groups excluding carboxylic acids is 2. The zero-order valence-corrected chi connectivity index (χ0v) is 17.6. The fourth-order valence-electron chi connectivity index (χ4n) is 3.69. The van der Waals surface area contributed by atoms with Gasteiger partial charge in [-0.3, -0.25) is 9.59 Å². The number of hydrogen-bond donors (Lipinski definition) is 4. The molecule has 4 N–H and O–H groups in total. The average Bonchev–Trinajstić information content (AvgIpc) is 2.70. The van der Waals surface area contributed by atoms with Crippen LogP contribution in [0.2, 0.25) is 0 Å². The Morgan fingerprint density at radius 3 is 1.90 bits per heavy atom. The van der Waals surface area contributed by atoms with Crippen LogP contribution in [0.5, 0.6) is 0 Å². The zero-order chi connectivity index (χ0) is 21.5. The van der Waals surface area contributed by atoms with E-state index in [4.69, 9.17) is 0 Å². The highest BCUT2D eigenvalue weighted by Gasteiger charge is 2.26. The van der Waals surface area contributed by atoms with E-state index in [2.05, 4.69) is 24.5 Å². The molecule has 2 aromatic carbocycles. The van der Waals surface area contributed by atoms with Crippen LogP contribution in [0.25, 0.3) is 0 Å². The summed E-state index contributed by atoms with van der Waals surface area (Å²) in [6.07, 6.45) is 0. The van der Waals surface area contributed by atoms with E-state index in [1.165, 1.54) is 27.5 Å². The summed E-state index contributed by atoms with van der Waals surface area (Å²) in [6, 6.07) is 13.9. The molecule has 0 radical (unpaired) electrons. The van der Waals surface area contributed by atoms with E-state index in [0.29, 0.717) is 24.7 Å². The number of carbonyl (C=O) groups is 2. The number of nitrogens with one attached hydrogen (secondary N) is 4. The Bertz CT molecular complexity index is 862. The average molecular weight is 415 g/mol. The van der Waals surface area contributed by atoms with Crippen LogP contribution >= 0.6 is 0 Å². The molecule has 0 atom stereocenters. The van der Waals surface area contributed by atoms with E-state index < -0.39 is 0 Å². The number of benzene rings is 2. The molecule has 1 aliphatic rings. The third-order valence-corrected chi connectivity index (χ3v) is 5.45. The van der Waals surface area contributed by atoms with Crippen LogP contribution in [0.3, 0.4) is 0 Å². The van der Waals surface area contributed by atoms with Crippen molar-refractivity contribution in [2.45, 2.75) is 19.8 Å². The summed E-state index contributed by atoms with van der Waals surface area (Å²) >= 11 is 0. The molecule has 0 spiro atoms. The molecule has 1 aliphatic heterocycles. The lowest BCUT2D eigenvalue weighted by atomic mass is 10.0. The third-order valence-electron chi connectivity index (χ3n) is 5.45. The quantitative estimate of drug-likeness (QED) is 0.527. The first-order valence-electron chi connectivity index (χ1n) is 10.5. The van der Waals surface area contributed by atoms with Crippen LogP contribution in [-0.4, -0.2) is 51.1 Å². The smallest absolute Gasteiger partial charge is 0.279 e. The normalized spacial score (nSPS) is 18.8. The molecule has 7 heteroatoms. The molecule has 0 unspecified atom stereocenters. The number of rotatable bonds is 7. The number of amides is 2. The van der Waals surface area contributed by atoms with Gasteiger partial charge in [-0.05, 0) is 41.8 Å². The molecule has 0 aromatic heterocycles. The van der Waals surface area contributed by atoms with E-state index in [1.807, 2.05) is 24.3 Å². The number of quaternary nitrogens is 2. The molecular formula is C23H31FN4O2+2. The van der Waals surface area contributed by atoms with Crippen molar-refractivity contribution in [2.75, 3.05) is 49.9 Å². The maximum Gasteiger partial charge on any atom is 0.279 e. The Hall–Kier alpha value is -2.77. The van der Waals surface area contributed by atoms with Crippen molar-refractivity contribution in [3.05, 3.63) is 59.9 Å². The molecule has 2 amide bonds. The standard InChI is InChI=1S/C23H29FN4O2/c1-17(2)18-6-8-20(9-7-18)25-22(29)15-27-10-12-28(13-11-27)16-23(30)26-21-5-3-4-19(24)14-21/h3-9,14,17H,10-13,15-16H2,1-2H3,(H,25,29)(H,26,30)/p+2. The van der Waals surface area contributed by atoms with Crippen molar-refractivity contribution in [1.29, 1.82) is 0 Å². The van der Waals surface area contributed by atoms with Crippen molar-refractivity contribution in [3.63, 3.8) is 0 Å². The Morgan fingerprint density at radius 2 is 1.40 bits per heavy atom. The summed E-state index contributed by atoms with van der Waals surface area (Å²) in [4.78, 5) is 27.0. The SMILES string of the molecule is CC(C)c1ccc(NC(=O)C[NH+]2CC[NH+](CC(=O)Nc3cccc(F)c3)CC2)cc1. The number of halogens is 1. The van der Waals surface area contributed by atoms with Gasteiger partial charge in [-0.15, -0.1) is 0 Å². The second-order valence-corrected chi connectivity index (χ2v) is 8.24. The molecule has 160 valence electrons. The van der Waals surface area contributed by atoms with Crippen LogP contribution in [0.1, 0.15) is 25.3 Å². The molecule has 3 rings (SSSR count). The van der Waals surface area contributed by atoms with Crippen LogP contribution in [0.15, 0.2) is 48.5 Å². The Morgan fingerprint density at radius 1 is 0.867 bits per heavy atom. The minimum Gasteiger partial charge on any atom is -0.321 e. The summed E-state index contributed by atoms with van der Waals surface area (Å²) in [6.45, 7) is 8.37. The van der Waals surface area contributed by atoms with Gasteiger partial charge in [0.2, 0.25) is 0 Å². The number of anilines is 2. The van der Waals surface area contributed by atoms with Crippen molar-refractivity contribution in [3.8, 4) is 0 Å². The highest BCUT2D eigenvalue weighted by Crippen LogP contribution is 2.16. The maximum atomic E-state index is 13.2. The molecular weight excluding hydrogens is 383 g/mol. The second kappa shape index (κ2) is 10.3. The van der Waals surface area contributed by atoms with E-state index in [0.717, 1.165) is 31.9 Å². The molecule has 2 aromatic rings. The van der Waals surface area contributed by atoms with Gasteiger partial charge in [0.1, 0.15) is 32.0 Å². The predicted octanol–water partition coefficient (Wildman–Crippen LogP) is 0.310. The fourth-order valence-corrected chi connectivity index (χ4v) is 3.69. The van der Waals surface area contributed by atoms with Gasteiger partial charge in [0.25, 0.3) is 11.8 Å². The number of piperazine rings is 1. The highest BCUT2D eigenvalue weighted by atomic mass is 19.1. The summed E-state index contributed by atoms with van der Waals surface area (Å²) < 4.78 is 13.2. The number of hydrogen-bond acceptors (Lipinski definition) is 2. The van der Waals surface area contributed by atoms with Gasteiger partial charge in [-0.25, -0.2) is 4.39 Å². The first-order chi connectivity index (χ1) is 14.4. The van der Waals surface area contributed by atoms with Crippen molar-refractivity contribution >= 4 is 23.2 Å². The van der Waals surface area contributed by atoms with Gasteiger partial charge < -0.3 is 20.4 Å². The molecule has 6 nitrogen and oxygen atoms in total. The minimum absolute atomic E-state index is 0.00888. The Kier molecular flexibility index (Phi) is 7.54. The molecule has 30 heavy (non-hydrogen) atoms. The summed E-state index contributed by atoms with van der Waals surface area (Å²) in [5.74, 6) is -0.0170. The molecule has 0 aliphatic carbocycles. The second-order valence-electron chi connectivity index (χ2n) is 8.24. The lowest BCUT2D eigenvalue weighted by molar-refractivity contribution is -1.00. The van der Waals surface area contributed by atoms with Crippen molar-refractivity contribution < 1.29 is 23.8 Å². The van der Waals surface area contributed by atoms with Crippen LogP contribution in [-0.2, 0) is 9.59 Å².